The second-order valence-corrected chi connectivity index (χ2v) is 3.06. The summed E-state index contributed by atoms with van der Waals surface area (Å²) in [4.78, 5) is 8.62. The molecule has 0 saturated heterocycles. The molecule has 0 aliphatic heterocycles. The number of hydrogen-bond acceptors (Lipinski definition) is 3. The van der Waals surface area contributed by atoms with E-state index >= 15 is 0 Å². The highest BCUT2D eigenvalue weighted by atomic mass is 19.3. The van der Waals surface area contributed by atoms with Crippen LogP contribution in [0.3, 0.4) is 0 Å². The summed E-state index contributed by atoms with van der Waals surface area (Å²) in [6.45, 7) is 0. The van der Waals surface area contributed by atoms with E-state index < -0.39 is 46.3 Å². The summed E-state index contributed by atoms with van der Waals surface area (Å²) >= 11 is 0. The van der Waals surface area contributed by atoms with E-state index in [4.69, 9.17) is 0 Å². The molecule has 0 atom stereocenters. The van der Waals surface area contributed by atoms with Crippen LogP contribution in [0.1, 0.15) is 0 Å². The first kappa shape index (κ1) is 15.0. The van der Waals surface area contributed by atoms with Gasteiger partial charge in [-0.05, 0) is 0 Å². The minimum atomic E-state index is -5.29. The van der Waals surface area contributed by atoms with Gasteiger partial charge in [-0.1, -0.05) is 0 Å². The smallest absolute Gasteiger partial charge is 0.422 e. The van der Waals surface area contributed by atoms with Gasteiger partial charge in [0.05, 0.1) is 11.0 Å². The summed E-state index contributed by atoms with van der Waals surface area (Å²) in [7, 11) is 0. The fourth-order valence-corrected chi connectivity index (χ4v) is 0.973. The highest BCUT2D eigenvalue weighted by Crippen LogP contribution is 2.35. The van der Waals surface area contributed by atoms with Gasteiger partial charge in [0.1, 0.15) is 0 Å². The summed E-state index contributed by atoms with van der Waals surface area (Å²) in [5.41, 5.74) is -1.69. The third-order valence-electron chi connectivity index (χ3n) is 1.79. The second kappa shape index (κ2) is 4.90. The average Bonchev–Trinajstić information content (AvgIpc) is 2.28. The lowest BCUT2D eigenvalue weighted by molar-refractivity contribution is -0.388. The number of nitro benzene ring substituents is 1. The van der Waals surface area contributed by atoms with Crippen molar-refractivity contribution in [1.82, 2.24) is 0 Å². The molecule has 4 nitrogen and oxygen atoms in total. The summed E-state index contributed by atoms with van der Waals surface area (Å²) < 4.78 is 90.4. The van der Waals surface area contributed by atoms with Crippen LogP contribution in [0.2, 0.25) is 0 Å². The van der Waals surface area contributed by atoms with Gasteiger partial charge in [0.25, 0.3) is 0 Å². The van der Waals surface area contributed by atoms with Crippen LogP contribution in [0.15, 0.2) is 6.07 Å². The molecule has 0 bridgehead atoms. The first-order valence-electron chi connectivity index (χ1n) is 4.24. The summed E-state index contributed by atoms with van der Waals surface area (Å²) in [5, 5.41) is 10.2. The summed E-state index contributed by atoms with van der Waals surface area (Å²) in [5.74, 6) is -9.11. The van der Waals surface area contributed by atoms with Crippen molar-refractivity contribution in [3.05, 3.63) is 33.6 Å². The Bertz CT molecular complexity index is 520. The van der Waals surface area contributed by atoms with Crippen LogP contribution < -0.4 is 4.74 Å². The highest BCUT2D eigenvalue weighted by Gasteiger charge is 2.46. The third-order valence-corrected chi connectivity index (χ3v) is 1.79. The van der Waals surface area contributed by atoms with Crippen LogP contribution in [-0.2, 0) is 0 Å². The monoisotopic (exact) mass is 293 g/mol. The van der Waals surface area contributed by atoms with Gasteiger partial charge in [-0.15, -0.1) is 0 Å². The SMILES string of the molecule is O=[N+]([O-])c1cc(F)c(OC(F)(F)C(F)F)c(F)c1F. The Labute approximate surface area is 99.1 Å². The Morgan fingerprint density at radius 1 is 1.21 bits per heavy atom. The van der Waals surface area contributed by atoms with Crippen LogP contribution in [0.5, 0.6) is 5.75 Å². The van der Waals surface area contributed by atoms with Gasteiger partial charge < -0.3 is 4.74 Å². The zero-order valence-corrected chi connectivity index (χ0v) is 8.47. The molecule has 0 unspecified atom stereocenters. The van der Waals surface area contributed by atoms with E-state index in [0.29, 0.717) is 0 Å². The van der Waals surface area contributed by atoms with E-state index in [2.05, 4.69) is 4.74 Å². The average molecular weight is 293 g/mol. The summed E-state index contributed by atoms with van der Waals surface area (Å²) in [6, 6.07) is -0.269. The number of hydrogen-bond donors (Lipinski definition) is 0. The molecule has 0 N–H and O–H groups in total. The number of nitrogens with zero attached hydrogens (tertiary/aromatic N) is 1. The Hall–Kier alpha value is -2.07. The Balaban J connectivity index is 3.32. The van der Waals surface area contributed by atoms with Crippen molar-refractivity contribution >= 4 is 5.69 Å². The molecule has 19 heavy (non-hydrogen) atoms. The minimum Gasteiger partial charge on any atom is -0.422 e. The van der Waals surface area contributed by atoms with E-state index in [1.165, 1.54) is 0 Å². The maximum Gasteiger partial charge on any atom is 0.461 e. The Kier molecular flexibility index (Phi) is 3.86. The number of alkyl halides is 4. The first-order chi connectivity index (χ1) is 8.58. The molecule has 0 amide bonds. The maximum atomic E-state index is 13.1. The fourth-order valence-electron chi connectivity index (χ4n) is 0.973. The highest BCUT2D eigenvalue weighted by molar-refractivity contribution is 5.41. The van der Waals surface area contributed by atoms with Gasteiger partial charge in [0.15, 0.2) is 5.82 Å². The van der Waals surface area contributed by atoms with Crippen molar-refractivity contribution in [3.63, 3.8) is 0 Å². The zero-order valence-electron chi connectivity index (χ0n) is 8.47. The van der Waals surface area contributed by atoms with Gasteiger partial charge >= 0.3 is 18.2 Å². The topological polar surface area (TPSA) is 52.4 Å². The second-order valence-electron chi connectivity index (χ2n) is 3.06. The maximum absolute atomic E-state index is 13.1. The number of benzene rings is 1. The van der Waals surface area contributed by atoms with Crippen molar-refractivity contribution in [3.8, 4) is 5.75 Å². The van der Waals surface area contributed by atoms with Crippen molar-refractivity contribution in [1.29, 1.82) is 0 Å². The number of halogens is 7. The van der Waals surface area contributed by atoms with E-state index in [1.54, 1.807) is 0 Å². The lowest BCUT2D eigenvalue weighted by Gasteiger charge is -2.17. The minimum absolute atomic E-state index is 0.269. The number of nitro groups is 1. The van der Waals surface area contributed by atoms with Gasteiger partial charge in [-0.25, -0.2) is 4.39 Å². The van der Waals surface area contributed by atoms with Crippen LogP contribution in [0.4, 0.5) is 36.4 Å². The van der Waals surface area contributed by atoms with Gasteiger partial charge in [0.2, 0.25) is 17.4 Å². The molecular formula is C8H2F7NO3. The normalized spacial score (nSPS) is 11.8. The van der Waals surface area contributed by atoms with Crippen molar-refractivity contribution in [2.24, 2.45) is 0 Å². The zero-order chi connectivity index (χ0) is 15.0. The molecule has 0 radical (unpaired) electrons. The number of ether oxygens (including phenoxy) is 1. The van der Waals surface area contributed by atoms with Crippen LogP contribution in [0.25, 0.3) is 0 Å². The van der Waals surface area contributed by atoms with Crippen molar-refractivity contribution < 1.29 is 40.4 Å². The van der Waals surface area contributed by atoms with Gasteiger partial charge in [-0.2, -0.15) is 26.3 Å². The van der Waals surface area contributed by atoms with E-state index in [0.717, 1.165) is 0 Å². The first-order valence-corrected chi connectivity index (χ1v) is 4.24. The molecule has 0 aromatic heterocycles. The summed E-state index contributed by atoms with van der Waals surface area (Å²) in [6.07, 6.45) is -9.73. The lowest BCUT2D eigenvalue weighted by Crippen LogP contribution is -2.34. The molecule has 0 spiro atoms. The van der Waals surface area contributed by atoms with Crippen LogP contribution >= 0.6 is 0 Å². The van der Waals surface area contributed by atoms with E-state index in [-0.39, 0.29) is 6.07 Å². The molecule has 1 rings (SSSR count). The Morgan fingerprint density at radius 3 is 2.16 bits per heavy atom. The number of rotatable bonds is 4. The molecule has 1 aromatic carbocycles. The van der Waals surface area contributed by atoms with E-state index in [9.17, 15) is 40.8 Å². The molecule has 0 heterocycles. The molecule has 0 saturated carbocycles. The van der Waals surface area contributed by atoms with Crippen LogP contribution in [0, 0.1) is 27.6 Å². The fraction of sp³-hybridized carbons (Fsp3) is 0.250. The van der Waals surface area contributed by atoms with E-state index in [1.807, 2.05) is 0 Å². The third kappa shape index (κ3) is 2.85. The largest absolute Gasteiger partial charge is 0.461 e. The molecule has 11 heteroatoms. The van der Waals surface area contributed by atoms with Crippen molar-refractivity contribution in [2.45, 2.75) is 12.5 Å². The molecule has 1 aromatic rings. The van der Waals surface area contributed by atoms with Gasteiger partial charge in [0, 0.05) is 0 Å². The molecular weight excluding hydrogens is 291 g/mol. The standard InChI is InChI=1S/C8H2F7NO3/c9-2-1-3(16(17)18)4(10)5(11)6(2)19-8(14,15)7(12)13/h1,7H. The van der Waals surface area contributed by atoms with Crippen molar-refractivity contribution in [2.75, 3.05) is 0 Å². The predicted octanol–water partition coefficient (Wildman–Crippen LogP) is 3.25. The quantitative estimate of drug-likeness (QED) is 0.370. The molecule has 0 aliphatic rings. The Morgan fingerprint density at radius 2 is 1.74 bits per heavy atom. The van der Waals surface area contributed by atoms with Crippen LogP contribution in [-0.4, -0.2) is 17.5 Å². The molecule has 0 fully saturated rings. The molecule has 106 valence electrons. The molecule has 0 aliphatic carbocycles. The predicted molar refractivity (Wildman–Crippen MR) is 44.5 cm³/mol. The van der Waals surface area contributed by atoms with Gasteiger partial charge in [-0.3, -0.25) is 10.1 Å². The lowest BCUT2D eigenvalue weighted by atomic mass is 10.2.